The molecule has 2 N–H and O–H groups in total. The first kappa shape index (κ1) is 13.1. The lowest BCUT2D eigenvalue weighted by Crippen LogP contribution is -2.12. The molecule has 0 bridgehead atoms. The summed E-state index contributed by atoms with van der Waals surface area (Å²) in [5.41, 5.74) is 7.31. The number of nitrogens with zero attached hydrogens (tertiary/aromatic N) is 2. The minimum Gasteiger partial charge on any atom is -0.464 e. The molecule has 0 spiro atoms. The average molecular weight is 259 g/mol. The standard InChI is InChI=1S/C14H17N3O2/c1-10(8-11-6-4-3-5-7-11)17-9-16-12(13(17)15)14(18)19-2/h3-7,9-10H,8,15H2,1-2H3. The van der Waals surface area contributed by atoms with Crippen molar-refractivity contribution in [1.82, 2.24) is 9.55 Å². The number of imidazole rings is 1. The summed E-state index contributed by atoms with van der Waals surface area (Å²) in [6, 6.07) is 10.2. The predicted octanol–water partition coefficient (Wildman–Crippen LogP) is 2.06. The molecular formula is C14H17N3O2. The van der Waals surface area contributed by atoms with Crippen LogP contribution in [-0.2, 0) is 11.2 Å². The fourth-order valence-electron chi connectivity index (χ4n) is 2.03. The van der Waals surface area contributed by atoms with Crippen LogP contribution in [0.15, 0.2) is 36.7 Å². The lowest BCUT2D eigenvalue weighted by molar-refractivity contribution is 0.0596. The van der Waals surface area contributed by atoms with Crippen molar-refractivity contribution in [3.8, 4) is 0 Å². The minimum absolute atomic E-state index is 0.119. The third-order valence-corrected chi connectivity index (χ3v) is 3.06. The maximum Gasteiger partial charge on any atom is 0.360 e. The van der Waals surface area contributed by atoms with Crippen molar-refractivity contribution in [2.75, 3.05) is 12.8 Å². The van der Waals surface area contributed by atoms with Crippen LogP contribution in [0.5, 0.6) is 0 Å². The SMILES string of the molecule is COC(=O)c1ncn(C(C)Cc2ccccc2)c1N. The average Bonchev–Trinajstić information content (AvgIpc) is 2.81. The Morgan fingerprint density at radius 3 is 2.74 bits per heavy atom. The van der Waals surface area contributed by atoms with Gasteiger partial charge in [0, 0.05) is 6.04 Å². The van der Waals surface area contributed by atoms with E-state index in [1.165, 1.54) is 12.7 Å². The lowest BCUT2D eigenvalue weighted by Gasteiger charge is -2.15. The molecule has 1 aromatic heterocycles. The summed E-state index contributed by atoms with van der Waals surface area (Å²) in [5.74, 6) is -0.168. The maximum absolute atomic E-state index is 11.5. The molecule has 5 heteroatoms. The van der Waals surface area contributed by atoms with E-state index in [1.807, 2.05) is 25.1 Å². The summed E-state index contributed by atoms with van der Waals surface area (Å²) in [6.07, 6.45) is 2.40. The number of anilines is 1. The first-order chi connectivity index (χ1) is 9.13. The summed E-state index contributed by atoms with van der Waals surface area (Å²) in [5, 5.41) is 0. The number of methoxy groups -OCH3 is 1. The van der Waals surface area contributed by atoms with Gasteiger partial charge in [-0.25, -0.2) is 9.78 Å². The zero-order valence-corrected chi connectivity index (χ0v) is 11.0. The maximum atomic E-state index is 11.5. The van der Waals surface area contributed by atoms with Crippen LogP contribution in [0.3, 0.4) is 0 Å². The third-order valence-electron chi connectivity index (χ3n) is 3.06. The number of carbonyl (C=O) groups is 1. The number of hydrogen-bond acceptors (Lipinski definition) is 4. The second kappa shape index (κ2) is 5.56. The highest BCUT2D eigenvalue weighted by molar-refractivity contribution is 5.92. The number of esters is 1. The Kier molecular flexibility index (Phi) is 3.85. The van der Waals surface area contributed by atoms with Gasteiger partial charge in [0.25, 0.3) is 0 Å². The van der Waals surface area contributed by atoms with E-state index >= 15 is 0 Å². The number of aromatic nitrogens is 2. The number of rotatable bonds is 4. The van der Waals surface area contributed by atoms with Crippen LogP contribution in [-0.4, -0.2) is 22.6 Å². The number of nitrogen functional groups attached to an aromatic ring is 1. The van der Waals surface area contributed by atoms with E-state index in [4.69, 9.17) is 5.73 Å². The van der Waals surface area contributed by atoms with Crippen molar-refractivity contribution in [2.45, 2.75) is 19.4 Å². The van der Waals surface area contributed by atoms with Gasteiger partial charge in [0.05, 0.1) is 13.4 Å². The molecule has 0 amide bonds. The Balaban J connectivity index is 2.18. The summed E-state index contributed by atoms with van der Waals surface area (Å²) in [6.45, 7) is 2.03. The molecular weight excluding hydrogens is 242 g/mol. The topological polar surface area (TPSA) is 70.1 Å². The molecule has 0 saturated carbocycles. The number of nitrogens with two attached hydrogens (primary N) is 1. The predicted molar refractivity (Wildman–Crippen MR) is 72.8 cm³/mol. The van der Waals surface area contributed by atoms with Gasteiger partial charge >= 0.3 is 5.97 Å². The van der Waals surface area contributed by atoms with E-state index in [2.05, 4.69) is 21.9 Å². The Morgan fingerprint density at radius 2 is 2.11 bits per heavy atom. The molecule has 0 saturated heterocycles. The van der Waals surface area contributed by atoms with Crippen LogP contribution in [0.4, 0.5) is 5.82 Å². The van der Waals surface area contributed by atoms with Gasteiger partial charge in [-0.1, -0.05) is 30.3 Å². The molecule has 19 heavy (non-hydrogen) atoms. The molecule has 5 nitrogen and oxygen atoms in total. The Morgan fingerprint density at radius 1 is 1.42 bits per heavy atom. The van der Waals surface area contributed by atoms with Gasteiger partial charge in [-0.15, -0.1) is 0 Å². The second-order valence-corrected chi connectivity index (χ2v) is 4.42. The first-order valence-electron chi connectivity index (χ1n) is 6.08. The van der Waals surface area contributed by atoms with Gasteiger partial charge in [-0.2, -0.15) is 0 Å². The van der Waals surface area contributed by atoms with Crippen LogP contribution in [0.1, 0.15) is 29.0 Å². The van der Waals surface area contributed by atoms with Gasteiger partial charge in [0.15, 0.2) is 5.69 Å². The van der Waals surface area contributed by atoms with Crippen LogP contribution >= 0.6 is 0 Å². The van der Waals surface area contributed by atoms with Gasteiger partial charge in [-0.3, -0.25) is 0 Å². The number of benzene rings is 1. The fourth-order valence-corrected chi connectivity index (χ4v) is 2.03. The molecule has 1 unspecified atom stereocenters. The highest BCUT2D eigenvalue weighted by Crippen LogP contribution is 2.20. The van der Waals surface area contributed by atoms with E-state index in [9.17, 15) is 4.79 Å². The van der Waals surface area contributed by atoms with E-state index in [1.54, 1.807) is 10.9 Å². The van der Waals surface area contributed by atoms with Crippen LogP contribution in [0.2, 0.25) is 0 Å². The molecule has 100 valence electrons. The van der Waals surface area contributed by atoms with E-state index in [-0.39, 0.29) is 11.7 Å². The van der Waals surface area contributed by atoms with E-state index in [0.717, 1.165) is 6.42 Å². The Bertz CT molecular complexity index is 563. The van der Waals surface area contributed by atoms with Gasteiger partial charge in [0.1, 0.15) is 5.82 Å². The zero-order chi connectivity index (χ0) is 13.8. The van der Waals surface area contributed by atoms with E-state index in [0.29, 0.717) is 5.82 Å². The van der Waals surface area contributed by atoms with Crippen molar-refractivity contribution >= 4 is 11.8 Å². The molecule has 1 heterocycles. The monoisotopic (exact) mass is 259 g/mol. The van der Waals surface area contributed by atoms with Gasteiger partial charge in [0.2, 0.25) is 0 Å². The Labute approximate surface area is 112 Å². The van der Waals surface area contributed by atoms with Crippen molar-refractivity contribution < 1.29 is 9.53 Å². The highest BCUT2D eigenvalue weighted by Gasteiger charge is 2.18. The second-order valence-electron chi connectivity index (χ2n) is 4.42. The van der Waals surface area contributed by atoms with Crippen molar-refractivity contribution in [3.63, 3.8) is 0 Å². The molecule has 1 aromatic carbocycles. The smallest absolute Gasteiger partial charge is 0.360 e. The number of carbonyl (C=O) groups excluding carboxylic acids is 1. The molecule has 2 aromatic rings. The molecule has 0 aliphatic carbocycles. The van der Waals surface area contributed by atoms with Gasteiger partial charge < -0.3 is 15.0 Å². The molecule has 2 rings (SSSR count). The summed E-state index contributed by atoms with van der Waals surface area (Å²) in [4.78, 5) is 15.5. The van der Waals surface area contributed by atoms with Gasteiger partial charge in [-0.05, 0) is 18.9 Å². The van der Waals surface area contributed by atoms with Crippen LogP contribution in [0, 0.1) is 0 Å². The first-order valence-corrected chi connectivity index (χ1v) is 6.08. The number of ether oxygens (including phenoxy) is 1. The summed E-state index contributed by atoms with van der Waals surface area (Å²) < 4.78 is 6.42. The summed E-state index contributed by atoms with van der Waals surface area (Å²) >= 11 is 0. The summed E-state index contributed by atoms with van der Waals surface area (Å²) in [7, 11) is 1.31. The third kappa shape index (κ3) is 2.76. The highest BCUT2D eigenvalue weighted by atomic mass is 16.5. The quantitative estimate of drug-likeness (QED) is 0.853. The normalized spacial score (nSPS) is 12.1. The van der Waals surface area contributed by atoms with E-state index < -0.39 is 5.97 Å². The van der Waals surface area contributed by atoms with Crippen molar-refractivity contribution in [1.29, 1.82) is 0 Å². The Hall–Kier alpha value is -2.30. The number of hydrogen-bond donors (Lipinski definition) is 1. The van der Waals surface area contributed by atoms with Crippen LogP contribution < -0.4 is 5.73 Å². The lowest BCUT2D eigenvalue weighted by atomic mass is 10.1. The largest absolute Gasteiger partial charge is 0.464 e. The molecule has 0 aliphatic rings. The van der Waals surface area contributed by atoms with Crippen LogP contribution in [0.25, 0.3) is 0 Å². The molecule has 0 aliphatic heterocycles. The van der Waals surface area contributed by atoms with Crippen molar-refractivity contribution in [3.05, 3.63) is 47.9 Å². The minimum atomic E-state index is -0.511. The molecule has 1 atom stereocenters. The van der Waals surface area contributed by atoms with Crippen molar-refractivity contribution in [2.24, 2.45) is 0 Å². The zero-order valence-electron chi connectivity index (χ0n) is 11.0. The molecule has 0 radical (unpaired) electrons. The fraction of sp³-hybridized carbons (Fsp3) is 0.286. The molecule has 0 fully saturated rings.